The average Bonchev–Trinajstić information content (AvgIpc) is 2.20. The molecule has 0 amide bonds. The summed E-state index contributed by atoms with van der Waals surface area (Å²) in [5, 5.41) is 4.19. The van der Waals surface area contributed by atoms with Gasteiger partial charge < -0.3 is 0 Å². The summed E-state index contributed by atoms with van der Waals surface area (Å²) in [5.74, 6) is 0.552. The maximum Gasteiger partial charge on any atom is 0.0561 e. The van der Waals surface area contributed by atoms with Crippen LogP contribution in [0.15, 0.2) is 35.4 Å². The molecule has 1 unspecified atom stereocenters. The van der Waals surface area contributed by atoms with E-state index >= 15 is 0 Å². The van der Waals surface area contributed by atoms with Crippen LogP contribution in [-0.4, -0.2) is 6.21 Å². The molecule has 0 heterocycles. The zero-order valence-electron chi connectivity index (χ0n) is 8.90. The molecule has 1 N–H and O–H groups in total. The lowest BCUT2D eigenvalue weighted by Crippen LogP contribution is -1.97. The van der Waals surface area contributed by atoms with E-state index in [0.717, 1.165) is 5.69 Å². The first-order chi connectivity index (χ1) is 6.83. The van der Waals surface area contributed by atoms with Crippen LogP contribution in [0.5, 0.6) is 0 Å². The van der Waals surface area contributed by atoms with E-state index < -0.39 is 0 Å². The number of nitrogens with zero attached hydrogens (tertiary/aromatic N) is 1. The van der Waals surface area contributed by atoms with Crippen LogP contribution < -0.4 is 5.43 Å². The van der Waals surface area contributed by atoms with Crippen molar-refractivity contribution in [2.45, 2.75) is 26.7 Å². The highest BCUT2D eigenvalue weighted by Gasteiger charge is 1.94. The highest BCUT2D eigenvalue weighted by atomic mass is 15.3. The van der Waals surface area contributed by atoms with E-state index in [-0.39, 0.29) is 0 Å². The largest absolute Gasteiger partial charge is 0.279 e. The minimum atomic E-state index is 0.552. The third-order valence-corrected chi connectivity index (χ3v) is 2.04. The van der Waals surface area contributed by atoms with E-state index in [1.807, 2.05) is 36.5 Å². The SMILES string of the molecule is CCCC(C)/C=N/Nc1ccccc1. The van der Waals surface area contributed by atoms with E-state index in [2.05, 4.69) is 24.4 Å². The molecule has 76 valence electrons. The fourth-order valence-corrected chi connectivity index (χ4v) is 1.28. The van der Waals surface area contributed by atoms with Crippen molar-refractivity contribution >= 4 is 11.9 Å². The first-order valence-corrected chi connectivity index (χ1v) is 5.17. The van der Waals surface area contributed by atoms with Gasteiger partial charge >= 0.3 is 0 Å². The molecule has 0 fully saturated rings. The minimum Gasteiger partial charge on any atom is -0.279 e. The predicted molar refractivity (Wildman–Crippen MR) is 62.6 cm³/mol. The number of benzene rings is 1. The van der Waals surface area contributed by atoms with Gasteiger partial charge in [-0.05, 0) is 24.5 Å². The summed E-state index contributed by atoms with van der Waals surface area (Å²) >= 11 is 0. The van der Waals surface area contributed by atoms with Gasteiger partial charge in [-0.25, -0.2) is 0 Å². The number of hydrogen-bond acceptors (Lipinski definition) is 2. The fraction of sp³-hybridized carbons (Fsp3) is 0.417. The third kappa shape index (κ3) is 4.08. The molecule has 0 bridgehead atoms. The van der Waals surface area contributed by atoms with Crippen molar-refractivity contribution in [1.29, 1.82) is 0 Å². The first-order valence-electron chi connectivity index (χ1n) is 5.17. The van der Waals surface area contributed by atoms with Crippen molar-refractivity contribution in [3.63, 3.8) is 0 Å². The number of hydrazone groups is 1. The topological polar surface area (TPSA) is 24.4 Å². The van der Waals surface area contributed by atoms with E-state index in [1.54, 1.807) is 0 Å². The second-order valence-corrected chi connectivity index (χ2v) is 3.52. The molecule has 0 aliphatic heterocycles. The molecular weight excluding hydrogens is 172 g/mol. The zero-order valence-corrected chi connectivity index (χ0v) is 8.90. The van der Waals surface area contributed by atoms with Crippen molar-refractivity contribution in [3.8, 4) is 0 Å². The molecule has 0 spiro atoms. The Bertz CT molecular complexity index is 267. The van der Waals surface area contributed by atoms with Crippen LogP contribution in [0, 0.1) is 5.92 Å². The van der Waals surface area contributed by atoms with Crippen LogP contribution in [0.4, 0.5) is 5.69 Å². The summed E-state index contributed by atoms with van der Waals surface area (Å²) in [7, 11) is 0. The van der Waals surface area contributed by atoms with Gasteiger partial charge in [0.05, 0.1) is 5.69 Å². The number of para-hydroxylation sites is 1. The van der Waals surface area contributed by atoms with Crippen molar-refractivity contribution in [1.82, 2.24) is 0 Å². The van der Waals surface area contributed by atoms with E-state index in [9.17, 15) is 0 Å². The second-order valence-electron chi connectivity index (χ2n) is 3.52. The van der Waals surface area contributed by atoms with Crippen molar-refractivity contribution in [3.05, 3.63) is 30.3 Å². The number of nitrogens with one attached hydrogen (secondary N) is 1. The molecule has 0 aromatic heterocycles. The Hall–Kier alpha value is -1.31. The molecule has 14 heavy (non-hydrogen) atoms. The molecule has 0 saturated heterocycles. The van der Waals surface area contributed by atoms with Gasteiger partial charge in [0, 0.05) is 6.21 Å². The Balaban J connectivity index is 2.33. The van der Waals surface area contributed by atoms with Gasteiger partial charge in [-0.1, -0.05) is 38.5 Å². The summed E-state index contributed by atoms with van der Waals surface area (Å²) in [4.78, 5) is 0. The highest BCUT2D eigenvalue weighted by molar-refractivity contribution is 5.61. The first kappa shape index (κ1) is 10.8. The summed E-state index contributed by atoms with van der Waals surface area (Å²) < 4.78 is 0. The van der Waals surface area contributed by atoms with Gasteiger partial charge in [-0.15, -0.1) is 0 Å². The van der Waals surface area contributed by atoms with Crippen LogP contribution in [0.25, 0.3) is 0 Å². The number of rotatable bonds is 5. The summed E-state index contributed by atoms with van der Waals surface area (Å²) in [6, 6.07) is 9.99. The van der Waals surface area contributed by atoms with Crippen LogP contribution in [-0.2, 0) is 0 Å². The summed E-state index contributed by atoms with van der Waals surface area (Å²) in [6.07, 6.45) is 4.37. The smallest absolute Gasteiger partial charge is 0.0561 e. The summed E-state index contributed by atoms with van der Waals surface area (Å²) in [6.45, 7) is 4.37. The zero-order chi connectivity index (χ0) is 10.2. The normalized spacial score (nSPS) is 13.0. The Morgan fingerprint density at radius 2 is 2.07 bits per heavy atom. The Kier molecular flexibility index (Phi) is 4.76. The Labute approximate surface area is 86.0 Å². The summed E-state index contributed by atoms with van der Waals surface area (Å²) in [5.41, 5.74) is 4.04. The van der Waals surface area contributed by atoms with Gasteiger partial charge in [-0.2, -0.15) is 5.10 Å². The van der Waals surface area contributed by atoms with Gasteiger partial charge in [0.15, 0.2) is 0 Å². The molecule has 2 nitrogen and oxygen atoms in total. The second kappa shape index (κ2) is 6.19. The van der Waals surface area contributed by atoms with Gasteiger partial charge in [0.2, 0.25) is 0 Å². The quantitative estimate of drug-likeness (QED) is 0.557. The minimum absolute atomic E-state index is 0.552. The van der Waals surface area contributed by atoms with Crippen molar-refractivity contribution < 1.29 is 0 Å². The molecule has 0 saturated carbocycles. The standard InChI is InChI=1S/C12H18N2/c1-3-7-11(2)10-13-14-12-8-5-4-6-9-12/h4-6,8-11,14H,3,7H2,1-2H3/b13-10+. The Morgan fingerprint density at radius 3 is 2.71 bits per heavy atom. The van der Waals surface area contributed by atoms with Crippen LogP contribution in [0.2, 0.25) is 0 Å². The number of anilines is 1. The third-order valence-electron chi connectivity index (χ3n) is 2.04. The predicted octanol–water partition coefficient (Wildman–Crippen LogP) is 3.52. The average molecular weight is 190 g/mol. The van der Waals surface area contributed by atoms with Gasteiger partial charge in [-0.3, -0.25) is 5.43 Å². The molecule has 1 aromatic rings. The lowest BCUT2D eigenvalue weighted by Gasteiger charge is -2.02. The maximum absolute atomic E-state index is 4.19. The molecule has 1 atom stereocenters. The molecule has 2 heteroatoms. The van der Waals surface area contributed by atoms with Gasteiger partial charge in [0.25, 0.3) is 0 Å². The Morgan fingerprint density at radius 1 is 1.36 bits per heavy atom. The van der Waals surface area contributed by atoms with E-state index in [0.29, 0.717) is 5.92 Å². The van der Waals surface area contributed by atoms with Crippen molar-refractivity contribution in [2.24, 2.45) is 11.0 Å². The molecule has 1 rings (SSSR count). The van der Waals surface area contributed by atoms with E-state index in [4.69, 9.17) is 0 Å². The van der Waals surface area contributed by atoms with Crippen LogP contribution in [0.1, 0.15) is 26.7 Å². The molecule has 0 aliphatic rings. The van der Waals surface area contributed by atoms with Gasteiger partial charge in [0.1, 0.15) is 0 Å². The molecule has 0 radical (unpaired) electrons. The van der Waals surface area contributed by atoms with E-state index in [1.165, 1.54) is 12.8 Å². The lowest BCUT2D eigenvalue weighted by atomic mass is 10.1. The monoisotopic (exact) mass is 190 g/mol. The van der Waals surface area contributed by atoms with Crippen molar-refractivity contribution in [2.75, 3.05) is 5.43 Å². The molecule has 0 aliphatic carbocycles. The van der Waals surface area contributed by atoms with Crippen LogP contribution >= 0.6 is 0 Å². The molecular formula is C12H18N2. The molecule has 1 aromatic carbocycles. The lowest BCUT2D eigenvalue weighted by molar-refractivity contribution is 0.676. The number of hydrogen-bond donors (Lipinski definition) is 1. The fourth-order valence-electron chi connectivity index (χ4n) is 1.28. The maximum atomic E-state index is 4.19. The highest BCUT2D eigenvalue weighted by Crippen LogP contribution is 2.05. The van der Waals surface area contributed by atoms with Crippen LogP contribution in [0.3, 0.4) is 0 Å².